The number of benzene rings is 1. The van der Waals surface area contributed by atoms with Crippen LogP contribution in [-0.4, -0.2) is 69.2 Å². The molecule has 1 amide bonds. The lowest BCUT2D eigenvalue weighted by molar-refractivity contribution is -0.179. The number of carbonyl (C=O) groups is 3. The van der Waals surface area contributed by atoms with Crippen LogP contribution in [0.5, 0.6) is 5.75 Å². The Kier molecular flexibility index (Phi) is 4.90. The Morgan fingerprint density at radius 1 is 1.37 bits per heavy atom. The zero-order valence-corrected chi connectivity index (χ0v) is 17.2. The molecule has 1 saturated heterocycles. The molecule has 4 N–H and O–H groups in total. The van der Waals surface area contributed by atoms with Crippen molar-refractivity contribution in [3.63, 3.8) is 0 Å². The number of hydrogen-bond donors (Lipinski definition) is 4. The van der Waals surface area contributed by atoms with Gasteiger partial charge in [-0.05, 0) is 63.0 Å². The quantitative estimate of drug-likeness (QED) is 0.565. The highest BCUT2D eigenvalue weighted by Crippen LogP contribution is 2.58. The molecule has 4 rings (SSSR count). The third-order valence-corrected chi connectivity index (χ3v) is 7.49. The number of hydrogen-bond acceptors (Lipinski definition) is 6. The van der Waals surface area contributed by atoms with E-state index in [9.17, 15) is 24.6 Å². The van der Waals surface area contributed by atoms with E-state index < -0.39 is 34.9 Å². The van der Waals surface area contributed by atoms with Gasteiger partial charge in [0.2, 0.25) is 5.91 Å². The molecule has 1 aliphatic heterocycles. The number of rotatable bonds is 4. The number of carbonyl (C=O) groups excluding carboxylic acids is 2. The Balaban J connectivity index is 1.67. The van der Waals surface area contributed by atoms with Gasteiger partial charge in [-0.15, -0.1) is 0 Å². The smallest absolute Gasteiger partial charge is 0.325 e. The van der Waals surface area contributed by atoms with E-state index in [1.807, 2.05) is 13.1 Å². The molecule has 1 aromatic rings. The van der Waals surface area contributed by atoms with Crippen LogP contribution >= 0.6 is 0 Å². The highest BCUT2D eigenvalue weighted by Gasteiger charge is 2.66. The van der Waals surface area contributed by atoms with E-state index in [0.29, 0.717) is 12.8 Å². The second kappa shape index (κ2) is 7.06. The number of Topliss-reactive ketones (excluding diaryl/α,β-unsaturated/α-hetero) is 1. The average molecular weight is 416 g/mol. The number of aromatic hydroxyl groups is 1. The number of likely N-dealkylation sites (N-methyl/N-ethyl adjacent to an activating group) is 1. The molecule has 0 spiro atoms. The van der Waals surface area contributed by atoms with E-state index in [1.54, 1.807) is 12.1 Å². The van der Waals surface area contributed by atoms with E-state index in [4.69, 9.17) is 5.11 Å². The summed E-state index contributed by atoms with van der Waals surface area (Å²) in [7, 11) is 1.96. The van der Waals surface area contributed by atoms with Crippen molar-refractivity contribution in [1.29, 1.82) is 0 Å². The number of aliphatic hydroxyl groups is 1. The SMILES string of the molecule is C[C@H](NC(=O)C[C@H]1C[C@@]2(O)[C@H]3Cc4ccc(O)cc4[C@@]2(CCN3C)CC1=O)C(=O)O. The zero-order chi connectivity index (χ0) is 21.8. The third kappa shape index (κ3) is 3.01. The first-order valence-corrected chi connectivity index (χ1v) is 10.4. The van der Waals surface area contributed by atoms with Crippen LogP contribution < -0.4 is 5.32 Å². The Morgan fingerprint density at radius 3 is 2.80 bits per heavy atom. The lowest BCUT2D eigenvalue weighted by atomic mass is 9.47. The molecule has 162 valence electrons. The number of carboxylic acids is 1. The van der Waals surface area contributed by atoms with Crippen LogP contribution in [0.2, 0.25) is 0 Å². The fourth-order valence-corrected chi connectivity index (χ4v) is 5.88. The first-order valence-electron chi connectivity index (χ1n) is 10.4. The average Bonchev–Trinajstić information content (AvgIpc) is 2.66. The van der Waals surface area contributed by atoms with Crippen molar-refractivity contribution in [2.45, 2.75) is 62.1 Å². The molecule has 8 heteroatoms. The number of ketones is 1. The normalized spacial score (nSPS) is 33.9. The number of phenolic OH excluding ortho intramolecular Hbond substituents is 1. The molecule has 2 aliphatic carbocycles. The maximum atomic E-state index is 13.1. The van der Waals surface area contributed by atoms with Gasteiger partial charge in [-0.25, -0.2) is 0 Å². The minimum atomic E-state index is -1.21. The predicted octanol–water partition coefficient (Wildman–Crippen LogP) is 0.580. The number of phenols is 1. The molecule has 2 fully saturated rings. The number of piperidine rings is 1. The molecule has 30 heavy (non-hydrogen) atoms. The molecule has 3 aliphatic rings. The van der Waals surface area contributed by atoms with E-state index in [0.717, 1.165) is 17.7 Å². The number of fused-ring (bicyclic) bond motifs is 1. The molecular formula is C22H28N2O6. The lowest BCUT2D eigenvalue weighted by Gasteiger charge is -2.63. The molecule has 5 atom stereocenters. The van der Waals surface area contributed by atoms with Crippen LogP contribution in [0.25, 0.3) is 0 Å². The van der Waals surface area contributed by atoms with Crippen molar-refractivity contribution >= 4 is 17.7 Å². The highest BCUT2D eigenvalue weighted by atomic mass is 16.4. The van der Waals surface area contributed by atoms with Crippen LogP contribution in [-0.2, 0) is 26.2 Å². The number of nitrogens with one attached hydrogen (secondary N) is 1. The summed E-state index contributed by atoms with van der Waals surface area (Å²) < 4.78 is 0. The minimum Gasteiger partial charge on any atom is -0.508 e. The van der Waals surface area contributed by atoms with E-state index >= 15 is 0 Å². The maximum Gasteiger partial charge on any atom is 0.325 e. The highest BCUT2D eigenvalue weighted by molar-refractivity contribution is 5.91. The summed E-state index contributed by atoms with van der Waals surface area (Å²) in [5.74, 6) is -2.31. The summed E-state index contributed by atoms with van der Waals surface area (Å²) in [6.07, 6.45) is 1.31. The number of aliphatic carboxylic acids is 1. The second-order valence-corrected chi connectivity index (χ2v) is 9.17. The number of likely N-dealkylation sites (tertiary alicyclic amines) is 1. The largest absolute Gasteiger partial charge is 0.508 e. The van der Waals surface area contributed by atoms with Crippen molar-refractivity contribution in [2.24, 2.45) is 5.92 Å². The number of nitrogens with zero attached hydrogens (tertiary/aromatic N) is 1. The molecule has 0 aromatic heterocycles. The Morgan fingerprint density at radius 2 is 2.10 bits per heavy atom. The Bertz CT molecular complexity index is 917. The minimum absolute atomic E-state index is 0.0997. The summed E-state index contributed by atoms with van der Waals surface area (Å²) in [5.41, 5.74) is -0.120. The standard InChI is InChI=1S/C22H28N2O6/c1-12(20(28)29)23-19(27)8-14-10-22(30)18-7-13-3-4-15(25)9-16(13)21(22,11-17(14)26)5-6-24(18)2/h3-4,9,12,14,18,25,30H,5-8,10-11H2,1-2H3,(H,23,27)(H,28,29)/t12-,14-,18+,21+,22+/m0/s1. The van der Waals surface area contributed by atoms with Gasteiger partial charge >= 0.3 is 5.97 Å². The van der Waals surface area contributed by atoms with Crippen molar-refractivity contribution in [1.82, 2.24) is 10.2 Å². The van der Waals surface area contributed by atoms with Crippen molar-refractivity contribution in [2.75, 3.05) is 13.6 Å². The van der Waals surface area contributed by atoms with E-state index in [-0.39, 0.29) is 36.8 Å². The monoisotopic (exact) mass is 416 g/mol. The summed E-state index contributed by atoms with van der Waals surface area (Å²) in [6.45, 7) is 2.10. The van der Waals surface area contributed by atoms with Crippen LogP contribution in [0.4, 0.5) is 0 Å². The maximum absolute atomic E-state index is 13.1. The third-order valence-electron chi connectivity index (χ3n) is 7.49. The van der Waals surface area contributed by atoms with Crippen LogP contribution in [0, 0.1) is 5.92 Å². The van der Waals surface area contributed by atoms with Crippen molar-refractivity contribution in [3.8, 4) is 5.75 Å². The van der Waals surface area contributed by atoms with Crippen molar-refractivity contribution in [3.05, 3.63) is 29.3 Å². The van der Waals surface area contributed by atoms with Crippen molar-refractivity contribution < 1.29 is 29.7 Å². The van der Waals surface area contributed by atoms with E-state index in [2.05, 4.69) is 10.2 Å². The first kappa shape index (κ1) is 20.8. The fourth-order valence-electron chi connectivity index (χ4n) is 5.88. The summed E-state index contributed by atoms with van der Waals surface area (Å²) in [4.78, 5) is 38.6. The summed E-state index contributed by atoms with van der Waals surface area (Å²) >= 11 is 0. The van der Waals surface area contributed by atoms with Gasteiger partial charge < -0.3 is 25.5 Å². The van der Waals surface area contributed by atoms with Crippen LogP contribution in [0.15, 0.2) is 18.2 Å². The Labute approximate surface area is 174 Å². The Hall–Kier alpha value is -2.45. The van der Waals surface area contributed by atoms with Crippen LogP contribution in [0.3, 0.4) is 0 Å². The van der Waals surface area contributed by atoms with Gasteiger partial charge in [-0.1, -0.05) is 6.07 Å². The zero-order valence-electron chi connectivity index (χ0n) is 17.2. The van der Waals surface area contributed by atoms with Gasteiger partial charge in [0.25, 0.3) is 0 Å². The fraction of sp³-hybridized carbons (Fsp3) is 0.591. The number of carboxylic acid groups (broad SMARTS) is 1. The molecule has 8 nitrogen and oxygen atoms in total. The molecule has 1 aromatic carbocycles. The molecule has 2 bridgehead atoms. The van der Waals surface area contributed by atoms with Gasteiger partial charge in [0, 0.05) is 30.2 Å². The van der Waals surface area contributed by atoms with Gasteiger partial charge in [0.15, 0.2) is 0 Å². The molecule has 0 unspecified atom stereocenters. The molecular weight excluding hydrogens is 388 g/mol. The second-order valence-electron chi connectivity index (χ2n) is 9.17. The van der Waals surface area contributed by atoms with E-state index in [1.165, 1.54) is 6.92 Å². The first-order chi connectivity index (χ1) is 14.1. The molecule has 1 heterocycles. The van der Waals surface area contributed by atoms with Gasteiger partial charge in [0.05, 0.1) is 5.60 Å². The number of amides is 1. The predicted molar refractivity (Wildman–Crippen MR) is 107 cm³/mol. The topological polar surface area (TPSA) is 127 Å². The van der Waals surface area contributed by atoms with Gasteiger partial charge in [-0.3, -0.25) is 14.4 Å². The molecule has 0 radical (unpaired) electrons. The van der Waals surface area contributed by atoms with Crippen LogP contribution in [0.1, 0.15) is 43.7 Å². The van der Waals surface area contributed by atoms with Gasteiger partial charge in [-0.2, -0.15) is 0 Å². The summed E-state index contributed by atoms with van der Waals surface area (Å²) in [5, 5.41) is 33.5. The lowest BCUT2D eigenvalue weighted by Crippen LogP contribution is -2.73. The summed E-state index contributed by atoms with van der Waals surface area (Å²) in [6, 6.07) is 3.95. The molecule has 1 saturated carbocycles. The van der Waals surface area contributed by atoms with Gasteiger partial charge in [0.1, 0.15) is 17.6 Å².